The van der Waals surface area contributed by atoms with Gasteiger partial charge in [0.25, 0.3) is 5.56 Å². The number of hydrogen-bond donors (Lipinski definition) is 4. The van der Waals surface area contributed by atoms with Crippen molar-refractivity contribution in [2.75, 3.05) is 6.61 Å². The number of fused-ring (bicyclic) bond motifs is 1. The maximum absolute atomic E-state index is 13.3. The van der Waals surface area contributed by atoms with Crippen LogP contribution in [0.5, 0.6) is 0 Å². The number of nitrogens with one attached hydrogen (secondary N) is 4. The van der Waals surface area contributed by atoms with Gasteiger partial charge in [-0.05, 0) is 38.5 Å². The molecule has 15 heteroatoms. The van der Waals surface area contributed by atoms with Gasteiger partial charge in [0.15, 0.2) is 29.6 Å². The van der Waals surface area contributed by atoms with Crippen molar-refractivity contribution in [2.24, 2.45) is 0 Å². The fourth-order valence-corrected chi connectivity index (χ4v) is 7.14. The highest BCUT2D eigenvalue weighted by molar-refractivity contribution is 5.71. The van der Waals surface area contributed by atoms with Crippen molar-refractivity contribution >= 4 is 29.4 Å². The first-order valence-corrected chi connectivity index (χ1v) is 16.9. The molecule has 3 saturated carbocycles. The average Bonchev–Trinajstić information content (AvgIpc) is 3.63. The topological polar surface area (TPSA) is 188 Å². The summed E-state index contributed by atoms with van der Waals surface area (Å²) in [5.41, 5.74) is -0.194. The molecule has 3 heterocycles. The molecule has 1 saturated heterocycles. The average molecular weight is 644 g/mol. The van der Waals surface area contributed by atoms with E-state index in [-0.39, 0.29) is 35.9 Å². The van der Waals surface area contributed by atoms with Crippen LogP contribution < -0.4 is 21.5 Å². The van der Waals surface area contributed by atoms with Gasteiger partial charge in [0.2, 0.25) is 0 Å². The number of carbonyl (C=O) groups excluding carboxylic acids is 3. The minimum Gasteiger partial charge on any atom is -0.447 e. The Morgan fingerprint density at radius 2 is 1.28 bits per heavy atom. The number of hydrogen-bond acceptors (Lipinski definition) is 10. The number of aromatic nitrogens is 4. The van der Waals surface area contributed by atoms with Gasteiger partial charge in [-0.25, -0.2) is 24.4 Å². The van der Waals surface area contributed by atoms with E-state index in [0.717, 1.165) is 96.3 Å². The lowest BCUT2D eigenvalue weighted by Gasteiger charge is -2.28. The largest absolute Gasteiger partial charge is 0.447 e. The van der Waals surface area contributed by atoms with Gasteiger partial charge in [-0.2, -0.15) is 0 Å². The van der Waals surface area contributed by atoms with Gasteiger partial charge >= 0.3 is 18.3 Å². The summed E-state index contributed by atoms with van der Waals surface area (Å²) >= 11 is 0. The molecule has 3 aliphatic carbocycles. The van der Waals surface area contributed by atoms with Crippen LogP contribution >= 0.6 is 0 Å². The van der Waals surface area contributed by atoms with E-state index in [9.17, 15) is 19.2 Å². The van der Waals surface area contributed by atoms with Gasteiger partial charge in [0.1, 0.15) is 12.7 Å². The summed E-state index contributed by atoms with van der Waals surface area (Å²) in [4.78, 5) is 62.8. The number of ether oxygens (including phenoxy) is 4. The molecule has 0 spiro atoms. The molecule has 15 nitrogen and oxygen atoms in total. The number of aromatic amines is 1. The monoisotopic (exact) mass is 643 g/mol. The van der Waals surface area contributed by atoms with Gasteiger partial charge < -0.3 is 39.9 Å². The van der Waals surface area contributed by atoms with E-state index in [1.807, 2.05) is 0 Å². The van der Waals surface area contributed by atoms with Crippen molar-refractivity contribution in [2.45, 2.75) is 139 Å². The van der Waals surface area contributed by atoms with Crippen molar-refractivity contribution in [1.82, 2.24) is 35.5 Å². The normalized spacial score (nSPS) is 26.3. The van der Waals surface area contributed by atoms with E-state index >= 15 is 0 Å². The van der Waals surface area contributed by atoms with Gasteiger partial charge in [0, 0.05) is 18.1 Å². The van der Waals surface area contributed by atoms with Crippen molar-refractivity contribution in [3.8, 4) is 0 Å². The van der Waals surface area contributed by atoms with Crippen molar-refractivity contribution in [3.63, 3.8) is 0 Å². The second-order valence-corrected chi connectivity index (χ2v) is 12.9. The quantitative estimate of drug-likeness (QED) is 0.307. The molecule has 4 atom stereocenters. The zero-order chi connectivity index (χ0) is 31.9. The zero-order valence-corrected chi connectivity index (χ0v) is 26.1. The number of nitrogens with zero attached hydrogens (tertiary/aromatic N) is 3. The lowest BCUT2D eigenvalue weighted by atomic mass is 9.96. The number of H-pyrrole nitrogens is 1. The highest BCUT2D eigenvalue weighted by Gasteiger charge is 2.52. The number of amides is 3. The SMILES string of the molecule is O=C(NC1CCCCC1)OC[C@@H]1O[C@H](n2cnc3c(=O)[nH]cnc32)[C@@H](OC(=O)NC2CCCCC2)[C@@H]1OC(=O)NC1CCCCC1. The highest BCUT2D eigenvalue weighted by atomic mass is 16.7. The second kappa shape index (κ2) is 15.1. The molecule has 3 amide bonds. The number of imidazole rings is 1. The summed E-state index contributed by atoms with van der Waals surface area (Å²) in [7, 11) is 0. The van der Waals surface area contributed by atoms with E-state index < -0.39 is 48.4 Å². The third-order valence-electron chi connectivity index (χ3n) is 9.57. The van der Waals surface area contributed by atoms with Crippen LogP contribution in [0.4, 0.5) is 14.4 Å². The second-order valence-electron chi connectivity index (χ2n) is 12.9. The van der Waals surface area contributed by atoms with Gasteiger partial charge in [-0.15, -0.1) is 0 Å². The van der Waals surface area contributed by atoms with Crippen LogP contribution in [0.1, 0.15) is 103 Å². The Bertz CT molecular complexity index is 1400. The van der Waals surface area contributed by atoms with E-state index in [1.54, 1.807) is 0 Å². The molecular formula is C31H45N7O8. The Morgan fingerprint density at radius 3 is 1.85 bits per heavy atom. The first-order valence-electron chi connectivity index (χ1n) is 16.9. The summed E-state index contributed by atoms with van der Waals surface area (Å²) < 4.78 is 25.4. The Balaban J connectivity index is 1.24. The van der Waals surface area contributed by atoms with Crippen molar-refractivity contribution in [1.29, 1.82) is 0 Å². The molecule has 6 rings (SSSR count). The molecule has 4 fully saturated rings. The first kappa shape index (κ1) is 32.1. The summed E-state index contributed by atoms with van der Waals surface area (Å²) in [6.45, 7) is -0.277. The smallest absolute Gasteiger partial charge is 0.407 e. The summed E-state index contributed by atoms with van der Waals surface area (Å²) in [5, 5.41) is 8.80. The number of carbonyl (C=O) groups is 3. The number of alkyl carbamates (subject to hydrolysis) is 3. The molecule has 0 aromatic carbocycles. The lowest BCUT2D eigenvalue weighted by Crippen LogP contribution is -2.47. The molecule has 4 aliphatic rings. The molecule has 0 bridgehead atoms. The molecule has 0 radical (unpaired) electrons. The Kier molecular flexibility index (Phi) is 10.6. The van der Waals surface area contributed by atoms with Gasteiger partial charge in [0.05, 0.1) is 12.7 Å². The van der Waals surface area contributed by atoms with E-state index in [4.69, 9.17) is 18.9 Å². The van der Waals surface area contributed by atoms with E-state index in [1.165, 1.54) is 17.2 Å². The fraction of sp³-hybridized carbons (Fsp3) is 0.742. The zero-order valence-electron chi connectivity index (χ0n) is 26.1. The Morgan fingerprint density at radius 1 is 0.761 bits per heavy atom. The predicted molar refractivity (Wildman–Crippen MR) is 164 cm³/mol. The first-order chi connectivity index (χ1) is 22.4. The summed E-state index contributed by atoms with van der Waals surface area (Å²) in [6.07, 6.45) is 10.9. The van der Waals surface area contributed by atoms with Crippen molar-refractivity contribution in [3.05, 3.63) is 23.0 Å². The van der Waals surface area contributed by atoms with Gasteiger partial charge in [-0.3, -0.25) is 9.36 Å². The van der Waals surface area contributed by atoms with Crippen LogP contribution in [0.15, 0.2) is 17.4 Å². The third-order valence-corrected chi connectivity index (χ3v) is 9.57. The standard InChI is InChI=1S/C31H45N7O8/c39-27-23-26(32-17-33-27)38(18-34-23)28-25(46-31(42)37-21-14-8-3-9-15-21)24(45-30(41)36-20-12-6-2-7-13-20)22(44-28)16-43-29(40)35-19-10-4-1-5-11-19/h17-22,24-25,28H,1-16H2,(H,35,40)(H,36,41)(H,37,42)(H,32,33,39)/t22-,24+,25-,28-/m0/s1. The Labute approximate surface area is 266 Å². The summed E-state index contributed by atoms with van der Waals surface area (Å²) in [6, 6.07) is -0.0291. The van der Waals surface area contributed by atoms with E-state index in [0.29, 0.717) is 0 Å². The molecular weight excluding hydrogens is 598 g/mol. The van der Waals surface area contributed by atoms with Crippen LogP contribution in [0, 0.1) is 0 Å². The fourth-order valence-electron chi connectivity index (χ4n) is 7.14. The van der Waals surface area contributed by atoms with Crippen LogP contribution in [-0.4, -0.2) is 80.8 Å². The lowest BCUT2D eigenvalue weighted by molar-refractivity contribution is -0.0557. The van der Waals surface area contributed by atoms with Crippen LogP contribution in [0.2, 0.25) is 0 Å². The minimum atomic E-state index is -1.19. The van der Waals surface area contributed by atoms with Crippen LogP contribution in [-0.2, 0) is 18.9 Å². The molecule has 0 unspecified atom stereocenters. The van der Waals surface area contributed by atoms with Crippen molar-refractivity contribution < 1.29 is 33.3 Å². The third kappa shape index (κ3) is 7.91. The molecule has 4 N–H and O–H groups in total. The molecule has 46 heavy (non-hydrogen) atoms. The maximum atomic E-state index is 13.3. The molecule has 1 aliphatic heterocycles. The maximum Gasteiger partial charge on any atom is 0.407 e. The molecule has 252 valence electrons. The predicted octanol–water partition coefficient (Wildman–Crippen LogP) is 3.93. The highest BCUT2D eigenvalue weighted by Crippen LogP contribution is 2.36. The molecule has 2 aromatic rings. The number of rotatable bonds is 8. The Hall–Kier alpha value is -3.88. The van der Waals surface area contributed by atoms with Crippen LogP contribution in [0.3, 0.4) is 0 Å². The van der Waals surface area contributed by atoms with E-state index in [2.05, 4.69) is 30.9 Å². The summed E-state index contributed by atoms with van der Waals surface area (Å²) in [5.74, 6) is 0. The molecule has 2 aromatic heterocycles. The van der Waals surface area contributed by atoms with Crippen LogP contribution in [0.25, 0.3) is 11.2 Å². The van der Waals surface area contributed by atoms with Gasteiger partial charge in [-0.1, -0.05) is 57.8 Å². The minimum absolute atomic E-state index is 0.0298.